The van der Waals surface area contributed by atoms with E-state index in [0.717, 1.165) is 5.56 Å². The molecule has 1 aromatic rings. The summed E-state index contributed by atoms with van der Waals surface area (Å²) in [4.78, 5) is 0. The molecule has 5 nitrogen and oxygen atoms in total. The van der Waals surface area contributed by atoms with E-state index in [-0.39, 0.29) is 6.04 Å². The van der Waals surface area contributed by atoms with Crippen LogP contribution in [-0.4, -0.2) is 31.6 Å². The predicted octanol–water partition coefficient (Wildman–Crippen LogP) is 1.91. The number of nitrogens with one attached hydrogen (secondary N) is 2. The fourth-order valence-electron chi connectivity index (χ4n) is 1.39. The molecule has 6 heteroatoms. The summed E-state index contributed by atoms with van der Waals surface area (Å²) in [6.45, 7) is 4.01. The van der Waals surface area contributed by atoms with Gasteiger partial charge in [0.25, 0.3) is 0 Å². The van der Waals surface area contributed by atoms with Gasteiger partial charge >= 0.3 is 0 Å². The van der Waals surface area contributed by atoms with Crippen LogP contribution in [0.1, 0.15) is 19.4 Å². The second-order valence-corrected chi connectivity index (χ2v) is 4.52. The first-order chi connectivity index (χ1) is 9.06. The van der Waals surface area contributed by atoms with Gasteiger partial charge in [0, 0.05) is 6.04 Å². The summed E-state index contributed by atoms with van der Waals surface area (Å²) in [6, 6.07) is 5.82. The first-order valence-electron chi connectivity index (χ1n) is 5.88. The lowest BCUT2D eigenvalue weighted by molar-refractivity contribution is 0.355. The summed E-state index contributed by atoms with van der Waals surface area (Å²) < 4.78 is 10.4. The van der Waals surface area contributed by atoms with Crippen LogP contribution < -0.4 is 20.2 Å². The Labute approximate surface area is 119 Å². The minimum atomic E-state index is 0.274. The van der Waals surface area contributed by atoms with Crippen molar-refractivity contribution in [2.75, 3.05) is 14.2 Å². The molecule has 1 rings (SSSR count). The van der Waals surface area contributed by atoms with Gasteiger partial charge in [0.1, 0.15) is 0 Å². The maximum atomic E-state index is 5.21. The van der Waals surface area contributed by atoms with Gasteiger partial charge in [-0.15, -0.1) is 0 Å². The Morgan fingerprint density at radius 3 is 2.53 bits per heavy atom. The van der Waals surface area contributed by atoms with Crippen molar-refractivity contribution in [2.24, 2.45) is 5.10 Å². The van der Waals surface area contributed by atoms with E-state index in [1.165, 1.54) is 0 Å². The first-order valence-corrected chi connectivity index (χ1v) is 6.29. The van der Waals surface area contributed by atoms with Gasteiger partial charge in [0.15, 0.2) is 16.6 Å². The number of hydrogen-bond donors (Lipinski definition) is 2. The van der Waals surface area contributed by atoms with Crippen molar-refractivity contribution in [3.63, 3.8) is 0 Å². The molecule has 0 atom stereocenters. The van der Waals surface area contributed by atoms with Crippen LogP contribution in [-0.2, 0) is 0 Å². The Bertz CT molecular complexity index is 461. The molecule has 0 heterocycles. The molecule has 0 spiro atoms. The maximum Gasteiger partial charge on any atom is 0.187 e. The van der Waals surface area contributed by atoms with Crippen LogP contribution in [0.5, 0.6) is 11.5 Å². The monoisotopic (exact) mass is 281 g/mol. The molecule has 0 bridgehead atoms. The van der Waals surface area contributed by atoms with E-state index in [4.69, 9.17) is 21.7 Å². The van der Waals surface area contributed by atoms with Crippen molar-refractivity contribution < 1.29 is 9.47 Å². The Hall–Kier alpha value is -1.82. The van der Waals surface area contributed by atoms with Crippen molar-refractivity contribution in [3.8, 4) is 11.5 Å². The third-order valence-electron chi connectivity index (χ3n) is 2.21. The van der Waals surface area contributed by atoms with Crippen LogP contribution in [0.3, 0.4) is 0 Å². The molecule has 0 fully saturated rings. The molecule has 2 N–H and O–H groups in total. The van der Waals surface area contributed by atoms with Crippen LogP contribution in [0.4, 0.5) is 0 Å². The molecule has 0 aliphatic carbocycles. The van der Waals surface area contributed by atoms with Crippen molar-refractivity contribution in [1.82, 2.24) is 10.7 Å². The second kappa shape index (κ2) is 7.58. The number of methoxy groups -OCH3 is 2. The Kier molecular flexibility index (Phi) is 6.08. The topological polar surface area (TPSA) is 54.9 Å². The minimum absolute atomic E-state index is 0.274. The van der Waals surface area contributed by atoms with Gasteiger partial charge in [-0.3, -0.25) is 5.43 Å². The van der Waals surface area contributed by atoms with E-state index in [2.05, 4.69) is 15.8 Å². The summed E-state index contributed by atoms with van der Waals surface area (Å²) in [5.74, 6) is 1.35. The van der Waals surface area contributed by atoms with Gasteiger partial charge < -0.3 is 14.8 Å². The highest BCUT2D eigenvalue weighted by molar-refractivity contribution is 7.80. The summed E-state index contributed by atoms with van der Waals surface area (Å²) in [5, 5.41) is 7.57. The van der Waals surface area contributed by atoms with Gasteiger partial charge in [-0.1, -0.05) is 0 Å². The lowest BCUT2D eigenvalue weighted by Gasteiger charge is -2.09. The fraction of sp³-hybridized carbons (Fsp3) is 0.385. The van der Waals surface area contributed by atoms with Gasteiger partial charge in [-0.05, 0) is 49.8 Å². The highest BCUT2D eigenvalue weighted by Gasteiger charge is 2.03. The standard InChI is InChI=1S/C13H19N3O2S/c1-9(2)15-13(19)16-14-8-10-5-6-11(17-3)12(7-10)18-4/h5-9H,1-4H3,(H2,15,16,19)/b14-8+. The van der Waals surface area contributed by atoms with Crippen molar-refractivity contribution in [2.45, 2.75) is 19.9 Å². The van der Waals surface area contributed by atoms with E-state index in [1.807, 2.05) is 32.0 Å². The predicted molar refractivity (Wildman–Crippen MR) is 81.1 cm³/mol. The average molecular weight is 281 g/mol. The zero-order valence-corrected chi connectivity index (χ0v) is 12.4. The van der Waals surface area contributed by atoms with E-state index in [1.54, 1.807) is 20.4 Å². The zero-order chi connectivity index (χ0) is 14.3. The van der Waals surface area contributed by atoms with E-state index in [0.29, 0.717) is 16.6 Å². The minimum Gasteiger partial charge on any atom is -0.493 e. The molecule has 0 saturated carbocycles. The highest BCUT2D eigenvalue weighted by atomic mass is 32.1. The zero-order valence-electron chi connectivity index (χ0n) is 11.6. The number of thiocarbonyl (C=S) groups is 1. The molecule has 1 aromatic carbocycles. The normalized spacial score (nSPS) is 10.6. The quantitative estimate of drug-likeness (QED) is 0.490. The maximum absolute atomic E-state index is 5.21. The Balaban J connectivity index is 2.64. The third-order valence-corrected chi connectivity index (χ3v) is 2.42. The molecule has 0 aromatic heterocycles. The summed E-state index contributed by atoms with van der Waals surface area (Å²) >= 11 is 5.05. The molecule has 0 radical (unpaired) electrons. The average Bonchev–Trinajstić information content (AvgIpc) is 2.37. The van der Waals surface area contributed by atoms with Crippen molar-refractivity contribution in [1.29, 1.82) is 0 Å². The molecular formula is C13H19N3O2S. The van der Waals surface area contributed by atoms with Crippen LogP contribution >= 0.6 is 12.2 Å². The lowest BCUT2D eigenvalue weighted by atomic mass is 10.2. The molecule has 0 unspecified atom stereocenters. The van der Waals surface area contributed by atoms with Crippen LogP contribution in [0.15, 0.2) is 23.3 Å². The molecule has 104 valence electrons. The van der Waals surface area contributed by atoms with Gasteiger partial charge in [0.05, 0.1) is 20.4 Å². The number of benzene rings is 1. The number of rotatable bonds is 5. The molecule has 0 saturated heterocycles. The summed E-state index contributed by atoms with van der Waals surface area (Å²) in [6.07, 6.45) is 1.66. The molecule has 0 aliphatic heterocycles. The number of ether oxygens (including phenoxy) is 2. The molecule has 0 aliphatic rings. The van der Waals surface area contributed by atoms with Crippen LogP contribution in [0.25, 0.3) is 0 Å². The second-order valence-electron chi connectivity index (χ2n) is 4.11. The fourth-order valence-corrected chi connectivity index (χ4v) is 1.68. The number of nitrogens with zero attached hydrogens (tertiary/aromatic N) is 1. The largest absolute Gasteiger partial charge is 0.493 e. The summed E-state index contributed by atoms with van der Waals surface area (Å²) in [5.41, 5.74) is 3.63. The molecule has 0 amide bonds. The van der Waals surface area contributed by atoms with E-state index < -0.39 is 0 Å². The number of hydrogen-bond acceptors (Lipinski definition) is 4. The van der Waals surface area contributed by atoms with Crippen molar-refractivity contribution >= 4 is 23.5 Å². The smallest absolute Gasteiger partial charge is 0.187 e. The van der Waals surface area contributed by atoms with Crippen LogP contribution in [0, 0.1) is 0 Å². The van der Waals surface area contributed by atoms with Gasteiger partial charge in [-0.25, -0.2) is 0 Å². The van der Waals surface area contributed by atoms with E-state index in [9.17, 15) is 0 Å². The lowest BCUT2D eigenvalue weighted by Crippen LogP contribution is -2.36. The Morgan fingerprint density at radius 2 is 1.95 bits per heavy atom. The first kappa shape index (κ1) is 15.2. The van der Waals surface area contributed by atoms with Gasteiger partial charge in [0.2, 0.25) is 0 Å². The summed E-state index contributed by atoms with van der Waals surface area (Å²) in [7, 11) is 3.20. The van der Waals surface area contributed by atoms with Crippen molar-refractivity contribution in [3.05, 3.63) is 23.8 Å². The molecule has 19 heavy (non-hydrogen) atoms. The third kappa shape index (κ3) is 5.13. The van der Waals surface area contributed by atoms with Crippen LogP contribution in [0.2, 0.25) is 0 Å². The highest BCUT2D eigenvalue weighted by Crippen LogP contribution is 2.26. The van der Waals surface area contributed by atoms with E-state index >= 15 is 0 Å². The molecular weight excluding hydrogens is 262 g/mol. The number of hydrazone groups is 1. The Morgan fingerprint density at radius 1 is 1.26 bits per heavy atom. The SMILES string of the molecule is COc1ccc(/C=N/NC(=S)NC(C)C)cc1OC. The van der Waals surface area contributed by atoms with Gasteiger partial charge in [-0.2, -0.15) is 5.10 Å².